The molecule has 0 atom stereocenters. The third-order valence-corrected chi connectivity index (χ3v) is 5.75. The van der Waals surface area contributed by atoms with Crippen LogP contribution in [-0.4, -0.2) is 54.9 Å². The maximum Gasteiger partial charge on any atom is 0.333 e. The van der Waals surface area contributed by atoms with Crippen molar-refractivity contribution in [2.75, 3.05) is 19.3 Å². The molecule has 0 bridgehead atoms. The number of nitrogens with zero attached hydrogens (tertiary/aromatic N) is 2. The van der Waals surface area contributed by atoms with E-state index in [-0.39, 0.29) is 23.5 Å². The first-order valence-electron chi connectivity index (χ1n) is 7.91. The van der Waals surface area contributed by atoms with Crippen LogP contribution < -0.4 is 0 Å². The van der Waals surface area contributed by atoms with Crippen molar-refractivity contribution in [1.82, 2.24) is 9.37 Å². The second-order valence-electron chi connectivity index (χ2n) is 6.22. The zero-order valence-corrected chi connectivity index (χ0v) is 14.5. The minimum absolute atomic E-state index is 0.0327. The largest absolute Gasteiger partial charge is 0.333 e. The number of piperidine rings is 1. The van der Waals surface area contributed by atoms with E-state index in [4.69, 9.17) is 4.84 Å². The van der Waals surface area contributed by atoms with Crippen molar-refractivity contribution in [3.8, 4) is 0 Å². The van der Waals surface area contributed by atoms with Crippen LogP contribution >= 0.6 is 0 Å². The first-order chi connectivity index (χ1) is 11.8. The summed E-state index contributed by atoms with van der Waals surface area (Å²) in [5.41, 5.74) is 0.420. The van der Waals surface area contributed by atoms with Gasteiger partial charge in [-0.05, 0) is 30.9 Å². The maximum atomic E-state index is 12.1. The number of rotatable bonds is 4. The third-order valence-electron chi connectivity index (χ3n) is 4.45. The molecule has 0 radical (unpaired) electrons. The number of amides is 2. The molecule has 2 aliphatic rings. The van der Waals surface area contributed by atoms with Crippen molar-refractivity contribution in [3.63, 3.8) is 0 Å². The van der Waals surface area contributed by atoms with Gasteiger partial charge in [0.15, 0.2) is 0 Å². The Hall–Kier alpha value is -2.26. The van der Waals surface area contributed by atoms with Crippen LogP contribution in [0.15, 0.2) is 24.3 Å². The van der Waals surface area contributed by atoms with E-state index in [1.165, 1.54) is 16.4 Å². The van der Waals surface area contributed by atoms with E-state index in [0.29, 0.717) is 31.0 Å². The molecule has 1 fully saturated rings. The van der Waals surface area contributed by atoms with E-state index in [1.54, 1.807) is 12.1 Å². The molecule has 0 unspecified atom stereocenters. The van der Waals surface area contributed by atoms with Crippen molar-refractivity contribution < 1.29 is 27.6 Å². The summed E-state index contributed by atoms with van der Waals surface area (Å²) >= 11 is 0. The van der Waals surface area contributed by atoms with E-state index in [9.17, 15) is 22.8 Å². The molecule has 0 aromatic heterocycles. The Morgan fingerprint density at radius 3 is 2.12 bits per heavy atom. The van der Waals surface area contributed by atoms with Crippen molar-refractivity contribution in [2.24, 2.45) is 5.92 Å². The first-order valence-corrected chi connectivity index (χ1v) is 9.76. The number of hydrogen-bond acceptors (Lipinski definition) is 6. The van der Waals surface area contributed by atoms with Gasteiger partial charge in [0.2, 0.25) is 10.0 Å². The molecule has 1 aromatic rings. The number of hydrogen-bond donors (Lipinski definition) is 0. The highest BCUT2D eigenvalue weighted by atomic mass is 32.2. The van der Waals surface area contributed by atoms with Crippen LogP contribution in [0.3, 0.4) is 0 Å². The lowest BCUT2D eigenvalue weighted by Gasteiger charge is -2.29. The fourth-order valence-electron chi connectivity index (χ4n) is 3.07. The molecule has 3 rings (SSSR count). The normalized spacial score (nSPS) is 19.2. The smallest absolute Gasteiger partial charge is 0.330 e. The van der Waals surface area contributed by atoms with E-state index >= 15 is 0 Å². The molecule has 1 saturated heterocycles. The minimum atomic E-state index is -3.22. The number of carbonyl (C=O) groups is 3. The SMILES string of the molecule is CS(=O)(=O)N1CCC(CC(=O)ON2C(=O)c3ccccc3C2=O)CC1. The molecule has 0 spiro atoms. The molecule has 1 aromatic carbocycles. The van der Waals surface area contributed by atoms with Crippen LogP contribution in [0.25, 0.3) is 0 Å². The van der Waals surface area contributed by atoms with E-state index < -0.39 is 27.8 Å². The van der Waals surface area contributed by atoms with E-state index in [1.807, 2.05) is 0 Å². The highest BCUT2D eigenvalue weighted by Crippen LogP contribution is 2.25. The Bertz CT molecular complexity index is 792. The molecular formula is C16H18N2O6S. The van der Waals surface area contributed by atoms with E-state index in [0.717, 1.165) is 6.26 Å². The summed E-state index contributed by atoms with van der Waals surface area (Å²) in [6, 6.07) is 6.27. The Kier molecular flexibility index (Phi) is 4.61. The number of fused-ring (bicyclic) bond motifs is 1. The summed E-state index contributed by atoms with van der Waals surface area (Å²) in [7, 11) is -3.22. The molecule has 0 saturated carbocycles. The Balaban J connectivity index is 1.56. The highest BCUT2D eigenvalue weighted by molar-refractivity contribution is 7.88. The van der Waals surface area contributed by atoms with E-state index in [2.05, 4.69) is 0 Å². The number of imide groups is 1. The number of carbonyl (C=O) groups excluding carboxylic acids is 3. The number of hydroxylamine groups is 2. The van der Waals surface area contributed by atoms with Gasteiger partial charge in [0, 0.05) is 13.1 Å². The first kappa shape index (κ1) is 17.6. The van der Waals surface area contributed by atoms with Crippen LogP contribution in [0.1, 0.15) is 40.0 Å². The molecule has 2 amide bonds. The van der Waals surface area contributed by atoms with Crippen molar-refractivity contribution in [3.05, 3.63) is 35.4 Å². The van der Waals surface area contributed by atoms with Gasteiger partial charge in [0.1, 0.15) is 0 Å². The predicted molar refractivity (Wildman–Crippen MR) is 86.8 cm³/mol. The molecule has 25 heavy (non-hydrogen) atoms. The summed E-state index contributed by atoms with van der Waals surface area (Å²) in [6.45, 7) is 0.702. The summed E-state index contributed by atoms with van der Waals surface area (Å²) in [5.74, 6) is -2.02. The van der Waals surface area contributed by atoms with Gasteiger partial charge in [0.25, 0.3) is 11.8 Å². The van der Waals surface area contributed by atoms with Gasteiger partial charge in [-0.15, -0.1) is 0 Å². The monoisotopic (exact) mass is 366 g/mol. The van der Waals surface area contributed by atoms with Gasteiger partial charge in [-0.1, -0.05) is 17.2 Å². The van der Waals surface area contributed by atoms with Gasteiger partial charge in [-0.25, -0.2) is 17.5 Å². The molecule has 0 N–H and O–H groups in total. The second-order valence-corrected chi connectivity index (χ2v) is 8.21. The van der Waals surface area contributed by atoms with Crippen LogP contribution in [-0.2, 0) is 19.7 Å². The molecular weight excluding hydrogens is 348 g/mol. The molecule has 2 heterocycles. The predicted octanol–water partition coefficient (Wildman–Crippen LogP) is 0.802. The third kappa shape index (κ3) is 3.57. The van der Waals surface area contributed by atoms with Gasteiger partial charge in [0.05, 0.1) is 23.8 Å². The van der Waals surface area contributed by atoms with Gasteiger partial charge in [-0.3, -0.25) is 9.59 Å². The van der Waals surface area contributed by atoms with Gasteiger partial charge >= 0.3 is 5.97 Å². The van der Waals surface area contributed by atoms with Crippen LogP contribution in [0.2, 0.25) is 0 Å². The van der Waals surface area contributed by atoms with Crippen LogP contribution in [0.5, 0.6) is 0 Å². The maximum absolute atomic E-state index is 12.1. The topological polar surface area (TPSA) is 101 Å². The zero-order valence-electron chi connectivity index (χ0n) is 13.7. The lowest BCUT2D eigenvalue weighted by molar-refractivity contribution is -0.170. The molecule has 2 aliphatic heterocycles. The van der Waals surface area contributed by atoms with Crippen LogP contribution in [0.4, 0.5) is 0 Å². The zero-order chi connectivity index (χ0) is 18.2. The number of benzene rings is 1. The summed E-state index contributed by atoms with van der Waals surface area (Å²) in [6.07, 6.45) is 2.25. The average molecular weight is 366 g/mol. The van der Waals surface area contributed by atoms with Crippen molar-refractivity contribution >= 4 is 27.8 Å². The van der Waals surface area contributed by atoms with Gasteiger partial charge in [-0.2, -0.15) is 0 Å². The molecule has 9 heteroatoms. The van der Waals surface area contributed by atoms with Crippen LogP contribution in [0, 0.1) is 5.92 Å². The molecule has 8 nitrogen and oxygen atoms in total. The quantitative estimate of drug-likeness (QED) is 0.731. The molecule has 0 aliphatic carbocycles. The summed E-state index contributed by atoms with van der Waals surface area (Å²) < 4.78 is 24.3. The summed E-state index contributed by atoms with van der Waals surface area (Å²) in [4.78, 5) is 41.4. The highest BCUT2D eigenvalue weighted by Gasteiger charge is 2.39. The standard InChI is InChI=1S/C16H18N2O6S/c1-25(22,23)17-8-6-11(7-9-17)10-14(19)24-18-15(20)12-4-2-3-5-13(12)16(18)21/h2-5,11H,6-10H2,1H3. The Labute approximate surface area is 145 Å². The van der Waals surface area contributed by atoms with Gasteiger partial charge < -0.3 is 4.84 Å². The van der Waals surface area contributed by atoms with Crippen molar-refractivity contribution in [1.29, 1.82) is 0 Å². The fraction of sp³-hybridized carbons (Fsp3) is 0.438. The Morgan fingerprint density at radius 2 is 1.64 bits per heavy atom. The second kappa shape index (κ2) is 6.57. The average Bonchev–Trinajstić information content (AvgIpc) is 2.80. The summed E-state index contributed by atoms with van der Waals surface area (Å²) in [5, 5.41) is 0.499. The lowest BCUT2D eigenvalue weighted by Crippen LogP contribution is -2.39. The number of sulfonamides is 1. The lowest BCUT2D eigenvalue weighted by atomic mass is 9.95. The molecule has 134 valence electrons. The minimum Gasteiger partial charge on any atom is -0.330 e. The fourth-order valence-corrected chi connectivity index (χ4v) is 3.94. The van der Waals surface area contributed by atoms with Crippen molar-refractivity contribution in [2.45, 2.75) is 19.3 Å². The Morgan fingerprint density at radius 1 is 1.12 bits per heavy atom.